The number of carbonyl (C=O) groups is 2. The maximum Gasteiger partial charge on any atom is 0.237 e. The summed E-state index contributed by atoms with van der Waals surface area (Å²) in [5.41, 5.74) is 2.85. The number of benzene rings is 1. The highest BCUT2D eigenvalue weighted by atomic mass is 16.5. The molecule has 0 atom stereocenters. The zero-order chi connectivity index (χ0) is 23.3. The lowest BCUT2D eigenvalue weighted by molar-refractivity contribution is -0.134. The van der Waals surface area contributed by atoms with Crippen LogP contribution in [0, 0.1) is 11.8 Å². The molecule has 0 aliphatic carbocycles. The third-order valence-corrected chi connectivity index (χ3v) is 7.45. The number of hydrogen-bond donors (Lipinski definition) is 1. The van der Waals surface area contributed by atoms with Gasteiger partial charge in [-0.15, -0.1) is 0 Å². The lowest BCUT2D eigenvalue weighted by Gasteiger charge is -2.34. The summed E-state index contributed by atoms with van der Waals surface area (Å²) in [6, 6.07) is 10.1. The minimum absolute atomic E-state index is 0.0177. The van der Waals surface area contributed by atoms with Gasteiger partial charge in [0.2, 0.25) is 11.8 Å². The van der Waals surface area contributed by atoms with E-state index in [4.69, 9.17) is 4.74 Å². The van der Waals surface area contributed by atoms with Crippen molar-refractivity contribution in [1.82, 2.24) is 20.4 Å². The van der Waals surface area contributed by atoms with E-state index in [1.165, 1.54) is 5.56 Å². The first kappa shape index (κ1) is 22.9. The summed E-state index contributed by atoms with van der Waals surface area (Å²) in [7, 11) is 0. The molecule has 34 heavy (non-hydrogen) atoms. The van der Waals surface area contributed by atoms with Crippen LogP contribution in [0.1, 0.15) is 43.6 Å². The summed E-state index contributed by atoms with van der Waals surface area (Å²) in [6.45, 7) is 4.62. The van der Waals surface area contributed by atoms with Crippen LogP contribution in [0.5, 0.6) is 0 Å². The highest BCUT2D eigenvalue weighted by Crippen LogP contribution is 2.33. The number of nitrogens with zero attached hydrogens (tertiary/aromatic N) is 4. The third kappa shape index (κ3) is 5.13. The van der Waals surface area contributed by atoms with E-state index in [-0.39, 0.29) is 11.8 Å². The molecule has 5 rings (SSSR count). The molecule has 0 unspecified atom stereocenters. The lowest BCUT2D eigenvalue weighted by Crippen LogP contribution is -2.51. The third-order valence-electron chi connectivity index (χ3n) is 7.45. The summed E-state index contributed by atoms with van der Waals surface area (Å²) < 4.78 is 5.42. The Balaban J connectivity index is 1.21. The number of likely N-dealkylation sites (tertiary alicyclic amines) is 1. The molecular formula is C26H33N5O3. The van der Waals surface area contributed by atoms with Gasteiger partial charge in [-0.1, -0.05) is 12.1 Å². The second-order valence-electron chi connectivity index (χ2n) is 9.64. The molecule has 0 bridgehead atoms. The molecule has 3 fully saturated rings. The quantitative estimate of drug-likeness (QED) is 0.709. The monoisotopic (exact) mass is 463 g/mol. The first-order chi connectivity index (χ1) is 16.7. The molecule has 3 saturated heterocycles. The van der Waals surface area contributed by atoms with Gasteiger partial charge in [0.15, 0.2) is 0 Å². The average Bonchev–Trinajstić information content (AvgIpc) is 2.85. The molecule has 180 valence electrons. The summed E-state index contributed by atoms with van der Waals surface area (Å²) in [5, 5.41) is 11.0. The molecule has 2 amide bonds. The minimum atomic E-state index is -0.0177. The normalized spacial score (nSPS) is 20.1. The highest BCUT2D eigenvalue weighted by molar-refractivity contribution is 6.02. The van der Waals surface area contributed by atoms with Crippen LogP contribution in [-0.2, 0) is 14.3 Å². The number of carbonyl (C=O) groups excluding carboxylic acids is 2. The average molecular weight is 464 g/mol. The Kier molecular flexibility index (Phi) is 7.16. The van der Waals surface area contributed by atoms with Crippen LogP contribution in [0.3, 0.4) is 0 Å². The van der Waals surface area contributed by atoms with Crippen LogP contribution in [0.25, 0.3) is 0 Å². The standard InChI is InChI=1S/C26H33N5O3/c32-25(15-19-8-13-34-14-9-19)30-11-6-21(7-12-30)20-1-3-23(4-2-20)31(24-5-10-28-29-18-24)26(33)22-16-27-17-22/h1-5,10,18-19,21-22,27H,6-9,11-17H2. The van der Waals surface area contributed by atoms with E-state index in [9.17, 15) is 9.59 Å². The SMILES string of the molecule is O=C(CC1CCOCC1)N1CCC(c2ccc(N(C(=O)C3CNC3)c3ccnnc3)cc2)CC1. The Labute approximate surface area is 200 Å². The first-order valence-corrected chi connectivity index (χ1v) is 12.5. The van der Waals surface area contributed by atoms with Gasteiger partial charge in [-0.2, -0.15) is 10.2 Å². The van der Waals surface area contributed by atoms with E-state index in [0.717, 1.165) is 63.4 Å². The maximum atomic E-state index is 13.1. The van der Waals surface area contributed by atoms with E-state index < -0.39 is 0 Å². The molecule has 3 aliphatic heterocycles. The number of hydrogen-bond acceptors (Lipinski definition) is 6. The van der Waals surface area contributed by atoms with Crippen molar-refractivity contribution in [2.45, 2.75) is 38.0 Å². The van der Waals surface area contributed by atoms with Crippen LogP contribution in [0.15, 0.2) is 42.7 Å². The molecule has 0 saturated carbocycles. The molecule has 0 radical (unpaired) electrons. The lowest BCUT2D eigenvalue weighted by atomic mass is 9.88. The van der Waals surface area contributed by atoms with Gasteiger partial charge in [-0.3, -0.25) is 14.5 Å². The van der Waals surface area contributed by atoms with Crippen molar-refractivity contribution in [1.29, 1.82) is 0 Å². The van der Waals surface area contributed by atoms with Gasteiger partial charge >= 0.3 is 0 Å². The van der Waals surface area contributed by atoms with Gasteiger partial charge in [-0.05, 0) is 61.3 Å². The Morgan fingerprint density at radius 1 is 0.971 bits per heavy atom. The summed E-state index contributed by atoms with van der Waals surface area (Å²) in [6.07, 6.45) is 7.85. The van der Waals surface area contributed by atoms with Crippen LogP contribution in [-0.4, -0.2) is 66.3 Å². The molecular weight excluding hydrogens is 430 g/mol. The minimum Gasteiger partial charge on any atom is -0.381 e. The number of anilines is 2. The molecule has 0 spiro atoms. The molecule has 1 N–H and O–H groups in total. The number of amides is 2. The van der Waals surface area contributed by atoms with Gasteiger partial charge in [-0.25, -0.2) is 0 Å². The number of piperidine rings is 1. The summed E-state index contributed by atoms with van der Waals surface area (Å²) in [4.78, 5) is 29.7. The molecule has 1 aromatic heterocycles. The van der Waals surface area contributed by atoms with Crippen LogP contribution in [0.2, 0.25) is 0 Å². The van der Waals surface area contributed by atoms with Crippen molar-refractivity contribution in [2.24, 2.45) is 11.8 Å². The largest absolute Gasteiger partial charge is 0.381 e. The second kappa shape index (κ2) is 10.6. The van der Waals surface area contributed by atoms with Crippen LogP contribution in [0.4, 0.5) is 11.4 Å². The number of aromatic nitrogens is 2. The molecule has 8 heteroatoms. The first-order valence-electron chi connectivity index (χ1n) is 12.5. The fraction of sp³-hybridized carbons (Fsp3) is 0.538. The molecule has 2 aromatic rings. The van der Waals surface area contributed by atoms with Gasteiger partial charge in [0.25, 0.3) is 0 Å². The predicted octanol–water partition coefficient (Wildman–Crippen LogP) is 2.88. The van der Waals surface area contributed by atoms with E-state index in [0.29, 0.717) is 37.3 Å². The van der Waals surface area contributed by atoms with Crippen molar-refractivity contribution < 1.29 is 14.3 Å². The molecule has 3 aliphatic rings. The molecule has 8 nitrogen and oxygen atoms in total. The van der Waals surface area contributed by atoms with Gasteiger partial charge in [0, 0.05) is 51.5 Å². The van der Waals surface area contributed by atoms with E-state index in [2.05, 4.69) is 27.6 Å². The zero-order valence-corrected chi connectivity index (χ0v) is 19.6. The second-order valence-corrected chi connectivity index (χ2v) is 9.64. The number of ether oxygens (including phenoxy) is 1. The van der Waals surface area contributed by atoms with Crippen LogP contribution >= 0.6 is 0 Å². The van der Waals surface area contributed by atoms with E-state index in [1.807, 2.05) is 23.1 Å². The van der Waals surface area contributed by atoms with Crippen molar-refractivity contribution in [3.8, 4) is 0 Å². The Hall–Kier alpha value is -2.84. The fourth-order valence-corrected chi connectivity index (χ4v) is 5.15. The number of rotatable bonds is 6. The van der Waals surface area contributed by atoms with E-state index in [1.54, 1.807) is 17.3 Å². The Bertz CT molecular complexity index is 966. The smallest absolute Gasteiger partial charge is 0.237 e. The maximum absolute atomic E-state index is 13.1. The highest BCUT2D eigenvalue weighted by Gasteiger charge is 2.32. The van der Waals surface area contributed by atoms with Gasteiger partial charge < -0.3 is 15.0 Å². The topological polar surface area (TPSA) is 87.7 Å². The Morgan fingerprint density at radius 3 is 2.32 bits per heavy atom. The predicted molar refractivity (Wildman–Crippen MR) is 129 cm³/mol. The van der Waals surface area contributed by atoms with Crippen molar-refractivity contribution in [2.75, 3.05) is 44.3 Å². The van der Waals surface area contributed by atoms with Crippen molar-refractivity contribution >= 4 is 23.2 Å². The van der Waals surface area contributed by atoms with Crippen LogP contribution < -0.4 is 10.2 Å². The van der Waals surface area contributed by atoms with E-state index >= 15 is 0 Å². The van der Waals surface area contributed by atoms with Gasteiger partial charge in [0.05, 0.1) is 24.0 Å². The number of nitrogens with one attached hydrogen (secondary N) is 1. The summed E-state index contributed by atoms with van der Waals surface area (Å²) in [5.74, 6) is 1.27. The summed E-state index contributed by atoms with van der Waals surface area (Å²) >= 11 is 0. The molecule has 1 aromatic carbocycles. The van der Waals surface area contributed by atoms with Crippen molar-refractivity contribution in [3.05, 3.63) is 48.3 Å². The fourth-order valence-electron chi connectivity index (χ4n) is 5.15. The van der Waals surface area contributed by atoms with Crippen molar-refractivity contribution in [3.63, 3.8) is 0 Å². The Morgan fingerprint density at radius 2 is 1.71 bits per heavy atom. The molecule has 4 heterocycles. The zero-order valence-electron chi connectivity index (χ0n) is 19.6. The van der Waals surface area contributed by atoms with Gasteiger partial charge in [0.1, 0.15) is 0 Å².